The Labute approximate surface area is 160 Å². The SMILES string of the molecule is CO[C@@H](F)CN(CCCCc1ccc2c(n1)NCCC2)CC[C@H](N)C(=O)O. The molecule has 7 nitrogen and oxygen atoms in total. The second-order valence-electron chi connectivity index (χ2n) is 6.98. The third-order valence-corrected chi connectivity index (χ3v) is 4.84. The third-order valence-electron chi connectivity index (χ3n) is 4.84. The highest BCUT2D eigenvalue weighted by atomic mass is 19.1. The zero-order valence-corrected chi connectivity index (χ0v) is 16.0. The van der Waals surface area contributed by atoms with Crippen molar-refractivity contribution in [1.29, 1.82) is 0 Å². The Bertz CT molecular complexity index is 602. The number of alkyl halides is 1. The molecule has 152 valence electrons. The molecule has 0 fully saturated rings. The van der Waals surface area contributed by atoms with Crippen molar-refractivity contribution >= 4 is 11.8 Å². The number of pyridine rings is 1. The Morgan fingerprint density at radius 3 is 3.00 bits per heavy atom. The lowest BCUT2D eigenvalue weighted by Crippen LogP contribution is -2.38. The highest BCUT2D eigenvalue weighted by Crippen LogP contribution is 2.20. The van der Waals surface area contributed by atoms with Crippen LogP contribution in [0.3, 0.4) is 0 Å². The average molecular weight is 382 g/mol. The topological polar surface area (TPSA) is 101 Å². The summed E-state index contributed by atoms with van der Waals surface area (Å²) in [5, 5.41) is 12.2. The van der Waals surface area contributed by atoms with E-state index >= 15 is 0 Å². The second kappa shape index (κ2) is 11.2. The largest absolute Gasteiger partial charge is 0.480 e. The highest BCUT2D eigenvalue weighted by molar-refractivity contribution is 5.72. The molecular formula is C19H31FN4O3. The fourth-order valence-electron chi connectivity index (χ4n) is 3.17. The van der Waals surface area contributed by atoms with Gasteiger partial charge in [0.1, 0.15) is 11.9 Å². The number of hydrogen-bond donors (Lipinski definition) is 3. The van der Waals surface area contributed by atoms with Crippen molar-refractivity contribution in [3.63, 3.8) is 0 Å². The average Bonchev–Trinajstić information content (AvgIpc) is 2.68. The van der Waals surface area contributed by atoms with Crippen LogP contribution in [0.15, 0.2) is 12.1 Å². The van der Waals surface area contributed by atoms with Gasteiger partial charge in [-0.3, -0.25) is 9.69 Å². The number of nitrogens with zero attached hydrogens (tertiary/aromatic N) is 2. The number of carbonyl (C=O) groups is 1. The molecule has 8 heteroatoms. The molecular weight excluding hydrogens is 351 g/mol. The molecule has 1 aliphatic heterocycles. The maximum atomic E-state index is 13.6. The van der Waals surface area contributed by atoms with E-state index in [1.165, 1.54) is 12.7 Å². The fourth-order valence-corrected chi connectivity index (χ4v) is 3.17. The number of aliphatic carboxylic acids is 1. The van der Waals surface area contributed by atoms with E-state index in [4.69, 9.17) is 15.6 Å². The van der Waals surface area contributed by atoms with Crippen molar-refractivity contribution in [2.45, 2.75) is 50.9 Å². The van der Waals surface area contributed by atoms with Gasteiger partial charge in [-0.05, 0) is 56.7 Å². The number of aryl methyl sites for hydroxylation is 2. The molecule has 0 saturated heterocycles. The molecule has 0 aromatic carbocycles. The standard InChI is InChI=1S/C19H31FN4O3/c1-27-17(20)13-24(12-9-16(21)19(25)26)11-3-2-6-15-8-7-14-5-4-10-22-18(14)23-15/h7-8,16-17H,2-6,9-13,21H2,1H3,(H,22,23)(H,25,26)/t16-,17+/m0/s1. The number of nitrogens with two attached hydrogens (primary N) is 1. The van der Waals surface area contributed by atoms with E-state index in [0.717, 1.165) is 50.2 Å². The lowest BCUT2D eigenvalue weighted by Gasteiger charge is -2.24. The van der Waals surface area contributed by atoms with Crippen LogP contribution in [0.5, 0.6) is 0 Å². The predicted octanol–water partition coefficient (Wildman–Crippen LogP) is 1.81. The summed E-state index contributed by atoms with van der Waals surface area (Å²) in [5.74, 6) is -0.0333. The number of unbranched alkanes of at least 4 members (excludes halogenated alkanes) is 1. The number of methoxy groups -OCH3 is 1. The minimum atomic E-state index is -1.39. The maximum absolute atomic E-state index is 13.6. The molecule has 0 radical (unpaired) electrons. The molecule has 1 aliphatic rings. The van der Waals surface area contributed by atoms with E-state index in [9.17, 15) is 9.18 Å². The molecule has 0 aliphatic carbocycles. The minimum Gasteiger partial charge on any atom is -0.480 e. The Morgan fingerprint density at radius 2 is 2.26 bits per heavy atom. The number of anilines is 1. The maximum Gasteiger partial charge on any atom is 0.320 e. The Hall–Kier alpha value is -1.77. The molecule has 0 amide bonds. The number of aromatic nitrogens is 1. The van der Waals surface area contributed by atoms with Crippen molar-refractivity contribution in [3.8, 4) is 0 Å². The summed E-state index contributed by atoms with van der Waals surface area (Å²) in [6.45, 7) is 2.18. The number of halogens is 1. The number of fused-ring (bicyclic) bond motifs is 1. The van der Waals surface area contributed by atoms with Crippen molar-refractivity contribution in [3.05, 3.63) is 23.4 Å². The number of hydrogen-bond acceptors (Lipinski definition) is 6. The monoisotopic (exact) mass is 382 g/mol. The van der Waals surface area contributed by atoms with Crippen molar-refractivity contribution in [2.24, 2.45) is 5.73 Å². The minimum absolute atomic E-state index is 0.115. The van der Waals surface area contributed by atoms with E-state index < -0.39 is 18.4 Å². The van der Waals surface area contributed by atoms with Gasteiger partial charge in [0.25, 0.3) is 0 Å². The molecule has 2 heterocycles. The van der Waals surface area contributed by atoms with Crippen LogP contribution in [0.1, 0.15) is 36.9 Å². The molecule has 0 saturated carbocycles. The van der Waals surface area contributed by atoms with Gasteiger partial charge in [-0.15, -0.1) is 0 Å². The first-order valence-corrected chi connectivity index (χ1v) is 9.60. The summed E-state index contributed by atoms with van der Waals surface area (Å²) in [7, 11) is 1.32. The zero-order valence-electron chi connectivity index (χ0n) is 16.0. The number of rotatable bonds is 12. The number of nitrogens with one attached hydrogen (secondary N) is 1. The molecule has 0 unspecified atom stereocenters. The zero-order chi connectivity index (χ0) is 19.6. The van der Waals surface area contributed by atoms with Crippen LogP contribution in [0.25, 0.3) is 0 Å². The Balaban J connectivity index is 1.77. The van der Waals surface area contributed by atoms with Crippen LogP contribution in [-0.2, 0) is 22.4 Å². The highest BCUT2D eigenvalue weighted by Gasteiger charge is 2.17. The number of ether oxygens (including phenoxy) is 1. The fraction of sp³-hybridized carbons (Fsp3) is 0.684. The Kier molecular flexibility index (Phi) is 8.90. The number of carboxylic acids is 1. The van der Waals surface area contributed by atoms with E-state index in [1.807, 2.05) is 4.90 Å². The van der Waals surface area contributed by atoms with E-state index in [0.29, 0.717) is 13.1 Å². The molecule has 0 bridgehead atoms. The summed E-state index contributed by atoms with van der Waals surface area (Å²) in [5.41, 5.74) is 7.88. The first kappa shape index (κ1) is 21.5. The van der Waals surface area contributed by atoms with Gasteiger partial charge >= 0.3 is 5.97 Å². The molecule has 0 spiro atoms. The third kappa shape index (κ3) is 7.40. The van der Waals surface area contributed by atoms with Crippen LogP contribution in [0.4, 0.5) is 10.2 Å². The van der Waals surface area contributed by atoms with Gasteiger partial charge in [-0.1, -0.05) is 6.07 Å². The summed E-state index contributed by atoms with van der Waals surface area (Å²) in [6, 6.07) is 3.30. The van der Waals surface area contributed by atoms with Gasteiger partial charge in [0.2, 0.25) is 6.36 Å². The van der Waals surface area contributed by atoms with E-state index in [-0.39, 0.29) is 13.0 Å². The molecule has 2 rings (SSSR count). The van der Waals surface area contributed by atoms with Crippen molar-refractivity contribution in [2.75, 3.05) is 38.6 Å². The first-order chi connectivity index (χ1) is 13.0. The van der Waals surface area contributed by atoms with Crippen molar-refractivity contribution in [1.82, 2.24) is 9.88 Å². The van der Waals surface area contributed by atoms with Crippen LogP contribution < -0.4 is 11.1 Å². The van der Waals surface area contributed by atoms with Gasteiger partial charge in [-0.25, -0.2) is 9.37 Å². The van der Waals surface area contributed by atoms with E-state index in [1.54, 1.807) is 0 Å². The Morgan fingerprint density at radius 1 is 1.44 bits per heavy atom. The van der Waals surface area contributed by atoms with Gasteiger partial charge < -0.3 is 20.9 Å². The van der Waals surface area contributed by atoms with Gasteiger partial charge in [0.15, 0.2) is 0 Å². The molecule has 1 aromatic heterocycles. The summed E-state index contributed by atoms with van der Waals surface area (Å²) < 4.78 is 18.3. The number of carboxylic acid groups (broad SMARTS) is 1. The second-order valence-corrected chi connectivity index (χ2v) is 6.98. The normalized spacial score (nSPS) is 15.9. The molecule has 2 atom stereocenters. The quantitative estimate of drug-likeness (QED) is 0.474. The molecule has 27 heavy (non-hydrogen) atoms. The van der Waals surface area contributed by atoms with Crippen LogP contribution in [0, 0.1) is 0 Å². The first-order valence-electron chi connectivity index (χ1n) is 9.60. The summed E-state index contributed by atoms with van der Waals surface area (Å²) in [6.07, 6.45) is 3.77. The van der Waals surface area contributed by atoms with Crippen LogP contribution in [0.2, 0.25) is 0 Å². The van der Waals surface area contributed by atoms with Gasteiger partial charge in [0, 0.05) is 25.9 Å². The lowest BCUT2D eigenvalue weighted by molar-refractivity contribution is -0.138. The predicted molar refractivity (Wildman–Crippen MR) is 103 cm³/mol. The van der Waals surface area contributed by atoms with E-state index in [2.05, 4.69) is 22.4 Å². The van der Waals surface area contributed by atoms with Gasteiger partial charge in [0.05, 0.1) is 6.54 Å². The lowest BCUT2D eigenvalue weighted by atomic mass is 10.1. The summed E-state index contributed by atoms with van der Waals surface area (Å²) in [4.78, 5) is 17.4. The van der Waals surface area contributed by atoms with Crippen LogP contribution in [-0.4, -0.2) is 66.6 Å². The molecule has 1 aromatic rings. The van der Waals surface area contributed by atoms with Crippen molar-refractivity contribution < 1.29 is 19.0 Å². The van der Waals surface area contributed by atoms with Crippen LogP contribution >= 0.6 is 0 Å². The summed E-state index contributed by atoms with van der Waals surface area (Å²) >= 11 is 0. The molecule has 4 N–H and O–H groups in total. The van der Waals surface area contributed by atoms with Gasteiger partial charge in [-0.2, -0.15) is 0 Å². The smallest absolute Gasteiger partial charge is 0.320 e.